The lowest BCUT2D eigenvalue weighted by Gasteiger charge is -2.50. The molecule has 1 aliphatic carbocycles. The van der Waals surface area contributed by atoms with Gasteiger partial charge in [-0.3, -0.25) is 19.9 Å². The van der Waals surface area contributed by atoms with E-state index in [2.05, 4.69) is 27.4 Å². The second-order valence-corrected chi connectivity index (χ2v) is 12.1. The molecule has 2 amide bonds. The number of halogens is 1. The summed E-state index contributed by atoms with van der Waals surface area (Å²) in [6.45, 7) is 5.21. The summed E-state index contributed by atoms with van der Waals surface area (Å²) in [6, 6.07) is 17.9. The minimum atomic E-state index is -0.260. The maximum atomic E-state index is 13.6. The number of amidine groups is 1. The largest absolute Gasteiger partial charge is 0.492 e. The lowest BCUT2D eigenvalue weighted by molar-refractivity contribution is -0.155. The Balaban J connectivity index is 0.993. The summed E-state index contributed by atoms with van der Waals surface area (Å²) in [5.41, 5.74) is 4.49. The summed E-state index contributed by atoms with van der Waals surface area (Å²) in [7, 11) is 0. The van der Waals surface area contributed by atoms with Gasteiger partial charge in [0.15, 0.2) is 6.29 Å². The lowest BCUT2D eigenvalue weighted by atomic mass is 9.80. The third-order valence-electron chi connectivity index (χ3n) is 9.11. The summed E-state index contributed by atoms with van der Waals surface area (Å²) in [5, 5.41) is 5.40. The topological polar surface area (TPSA) is 80.7 Å². The van der Waals surface area contributed by atoms with Crippen molar-refractivity contribution in [3.05, 3.63) is 65.2 Å². The van der Waals surface area contributed by atoms with E-state index in [1.807, 2.05) is 52.3 Å². The number of hydrogen-bond acceptors (Lipinski definition) is 7. The fourth-order valence-electron chi connectivity index (χ4n) is 6.78. The smallest absolute Gasteiger partial charge is 0.230 e. The number of fused-ring (bicyclic) bond motifs is 3. The molecular formula is C32H41ClN6O3. The van der Waals surface area contributed by atoms with Gasteiger partial charge < -0.3 is 19.4 Å². The quantitative estimate of drug-likeness (QED) is 0.452. The average molecular weight is 593 g/mol. The molecule has 3 fully saturated rings. The SMILES string of the molecule is O=C(CCC1=NNC2N(CCc3ccccc3)C(=O)C3CCCCC3N12)N1CCN(CCOc2ccc(Cl)cc2)CC1. The number of carbonyl (C=O) groups is 2. The average Bonchev–Trinajstić information content (AvgIpc) is 3.45. The van der Waals surface area contributed by atoms with E-state index in [0.29, 0.717) is 31.0 Å². The zero-order chi connectivity index (χ0) is 28.9. The maximum Gasteiger partial charge on any atom is 0.230 e. The standard InChI is InChI=1S/C32H41ClN6O3/c33-25-10-12-26(13-11-25)42-23-22-36-18-20-37(21-19-36)30(40)15-14-29-34-35-32-38(17-16-24-6-2-1-3-7-24)31(41)27-8-4-5-9-28(27)39(29)32/h1-3,6-7,10-13,27-28,32,35H,4-5,8-9,14-23H2. The van der Waals surface area contributed by atoms with Crippen LogP contribution >= 0.6 is 11.6 Å². The molecule has 2 aromatic rings. The van der Waals surface area contributed by atoms with Crippen molar-refractivity contribution in [3.63, 3.8) is 0 Å². The Morgan fingerprint density at radius 3 is 2.50 bits per heavy atom. The van der Waals surface area contributed by atoms with Crippen LogP contribution in [-0.4, -0.2) is 95.5 Å². The summed E-state index contributed by atoms with van der Waals surface area (Å²) in [4.78, 5) is 35.5. The zero-order valence-corrected chi connectivity index (χ0v) is 24.9. The molecular weight excluding hydrogens is 552 g/mol. The van der Waals surface area contributed by atoms with Gasteiger partial charge in [0.05, 0.1) is 5.92 Å². The summed E-state index contributed by atoms with van der Waals surface area (Å²) >= 11 is 5.94. The van der Waals surface area contributed by atoms with Crippen LogP contribution < -0.4 is 10.2 Å². The van der Waals surface area contributed by atoms with Gasteiger partial charge in [-0.2, -0.15) is 5.10 Å². The van der Waals surface area contributed by atoms with Crippen molar-refractivity contribution < 1.29 is 14.3 Å². The highest BCUT2D eigenvalue weighted by molar-refractivity contribution is 6.30. The van der Waals surface area contributed by atoms with E-state index < -0.39 is 0 Å². The molecule has 0 radical (unpaired) electrons. The van der Waals surface area contributed by atoms with E-state index in [1.54, 1.807) is 0 Å². The molecule has 6 rings (SSSR count). The molecule has 1 saturated carbocycles. The number of ether oxygens (including phenoxy) is 1. The van der Waals surface area contributed by atoms with Crippen LogP contribution in [0.25, 0.3) is 0 Å². The molecule has 4 aliphatic rings. The molecule has 224 valence electrons. The molecule has 9 nitrogen and oxygen atoms in total. The van der Waals surface area contributed by atoms with E-state index in [4.69, 9.17) is 21.4 Å². The van der Waals surface area contributed by atoms with Crippen LogP contribution in [0.4, 0.5) is 0 Å². The first-order valence-electron chi connectivity index (χ1n) is 15.4. The fraction of sp³-hybridized carbons (Fsp3) is 0.531. The number of amides is 2. The van der Waals surface area contributed by atoms with Gasteiger partial charge in [0.2, 0.25) is 11.8 Å². The highest BCUT2D eigenvalue weighted by atomic mass is 35.5. The van der Waals surface area contributed by atoms with Gasteiger partial charge in [0, 0.05) is 63.2 Å². The molecule has 3 unspecified atom stereocenters. The van der Waals surface area contributed by atoms with E-state index in [1.165, 1.54) is 5.56 Å². The molecule has 10 heteroatoms. The highest BCUT2D eigenvalue weighted by Gasteiger charge is 2.50. The van der Waals surface area contributed by atoms with E-state index in [9.17, 15) is 9.59 Å². The van der Waals surface area contributed by atoms with Crippen LogP contribution in [-0.2, 0) is 16.0 Å². The fourth-order valence-corrected chi connectivity index (χ4v) is 6.91. The van der Waals surface area contributed by atoms with Crippen molar-refractivity contribution in [1.82, 2.24) is 25.0 Å². The van der Waals surface area contributed by atoms with Crippen molar-refractivity contribution in [3.8, 4) is 5.75 Å². The summed E-state index contributed by atoms with van der Waals surface area (Å²) < 4.78 is 5.84. The highest BCUT2D eigenvalue weighted by Crippen LogP contribution is 2.38. The van der Waals surface area contributed by atoms with Crippen LogP contribution in [0, 0.1) is 5.92 Å². The van der Waals surface area contributed by atoms with Gasteiger partial charge in [-0.1, -0.05) is 54.8 Å². The van der Waals surface area contributed by atoms with Gasteiger partial charge >= 0.3 is 0 Å². The first kappa shape index (κ1) is 28.8. The van der Waals surface area contributed by atoms with Gasteiger partial charge in [0.25, 0.3) is 0 Å². The van der Waals surface area contributed by atoms with Crippen molar-refractivity contribution in [2.24, 2.45) is 11.0 Å². The monoisotopic (exact) mass is 592 g/mol. The second kappa shape index (κ2) is 13.3. The Morgan fingerprint density at radius 2 is 1.71 bits per heavy atom. The van der Waals surface area contributed by atoms with Crippen LogP contribution in [0.5, 0.6) is 5.75 Å². The Bertz CT molecular complexity index is 1250. The number of nitrogens with one attached hydrogen (secondary N) is 1. The Morgan fingerprint density at radius 1 is 0.952 bits per heavy atom. The molecule has 42 heavy (non-hydrogen) atoms. The first-order chi connectivity index (χ1) is 20.6. The minimum Gasteiger partial charge on any atom is -0.492 e. The van der Waals surface area contributed by atoms with Crippen molar-refractivity contribution >= 4 is 29.3 Å². The van der Waals surface area contributed by atoms with Gasteiger partial charge in [-0.05, 0) is 49.1 Å². The van der Waals surface area contributed by atoms with Crippen LogP contribution in [0.15, 0.2) is 59.7 Å². The van der Waals surface area contributed by atoms with E-state index >= 15 is 0 Å². The van der Waals surface area contributed by atoms with Gasteiger partial charge in [0.1, 0.15) is 18.2 Å². The predicted molar refractivity (Wildman–Crippen MR) is 163 cm³/mol. The van der Waals surface area contributed by atoms with Crippen molar-refractivity contribution in [1.29, 1.82) is 0 Å². The van der Waals surface area contributed by atoms with Crippen LogP contribution in [0.2, 0.25) is 5.02 Å². The third kappa shape index (κ3) is 6.52. The molecule has 0 bridgehead atoms. The third-order valence-corrected chi connectivity index (χ3v) is 9.37. The number of benzene rings is 2. The Kier molecular flexibility index (Phi) is 9.15. The number of rotatable bonds is 10. The summed E-state index contributed by atoms with van der Waals surface area (Å²) in [6.07, 6.45) is 5.71. The van der Waals surface area contributed by atoms with Crippen molar-refractivity contribution in [2.75, 3.05) is 45.9 Å². The Labute approximate surface area is 253 Å². The lowest BCUT2D eigenvalue weighted by Crippen LogP contribution is -2.67. The number of piperazine rings is 1. The maximum absolute atomic E-state index is 13.6. The molecule has 0 spiro atoms. The number of nitrogens with zero attached hydrogens (tertiary/aromatic N) is 5. The van der Waals surface area contributed by atoms with Crippen LogP contribution in [0.3, 0.4) is 0 Å². The van der Waals surface area contributed by atoms with Gasteiger partial charge in [-0.15, -0.1) is 0 Å². The number of hydrazone groups is 1. The molecule has 1 N–H and O–H groups in total. The van der Waals surface area contributed by atoms with E-state index in [0.717, 1.165) is 76.4 Å². The number of carbonyl (C=O) groups excluding carboxylic acids is 2. The number of hydrogen-bond donors (Lipinski definition) is 1. The Hall–Kier alpha value is -3.30. The zero-order valence-electron chi connectivity index (χ0n) is 24.2. The first-order valence-corrected chi connectivity index (χ1v) is 15.8. The predicted octanol–water partition coefficient (Wildman–Crippen LogP) is 3.79. The molecule has 2 saturated heterocycles. The molecule has 3 aliphatic heterocycles. The van der Waals surface area contributed by atoms with Crippen LogP contribution in [0.1, 0.15) is 44.1 Å². The normalized spacial score (nSPS) is 24.1. The molecule has 0 aromatic heterocycles. The van der Waals surface area contributed by atoms with E-state index in [-0.39, 0.29) is 30.1 Å². The molecule has 3 heterocycles. The second-order valence-electron chi connectivity index (χ2n) is 11.7. The van der Waals surface area contributed by atoms with Crippen molar-refractivity contribution in [2.45, 2.75) is 57.3 Å². The van der Waals surface area contributed by atoms with Gasteiger partial charge in [-0.25, -0.2) is 0 Å². The minimum absolute atomic E-state index is 0.00308. The molecule has 2 aromatic carbocycles. The summed E-state index contributed by atoms with van der Waals surface area (Å²) in [5.74, 6) is 2.15. The molecule has 3 atom stereocenters.